The number of pyridine rings is 1. The molecule has 1 fully saturated rings. The van der Waals surface area contributed by atoms with Crippen molar-refractivity contribution in [1.82, 2.24) is 24.7 Å². The number of hydrogen-bond acceptors (Lipinski definition) is 4. The van der Waals surface area contributed by atoms with E-state index in [9.17, 15) is 22.4 Å². The van der Waals surface area contributed by atoms with Gasteiger partial charge in [0, 0.05) is 31.0 Å². The minimum absolute atomic E-state index is 0.0582. The Morgan fingerprint density at radius 2 is 1.85 bits per heavy atom. The number of fused-ring (bicyclic) bond motifs is 1. The van der Waals surface area contributed by atoms with Crippen LogP contribution >= 0.6 is 0 Å². The fourth-order valence-corrected chi connectivity index (χ4v) is 4.33. The van der Waals surface area contributed by atoms with Crippen molar-refractivity contribution >= 4 is 11.0 Å². The summed E-state index contributed by atoms with van der Waals surface area (Å²) in [6.07, 6.45) is 3.94. The molecule has 33 heavy (non-hydrogen) atoms. The van der Waals surface area contributed by atoms with Gasteiger partial charge >= 0.3 is 0 Å². The Morgan fingerprint density at radius 1 is 1.06 bits per heavy atom. The van der Waals surface area contributed by atoms with Crippen molar-refractivity contribution < 1.29 is 17.6 Å². The number of halogens is 4. The van der Waals surface area contributed by atoms with Gasteiger partial charge in [-0.15, -0.1) is 0 Å². The van der Waals surface area contributed by atoms with Gasteiger partial charge in [-0.3, -0.25) is 9.78 Å². The highest BCUT2D eigenvalue weighted by Crippen LogP contribution is 2.38. The average molecular weight is 457 g/mol. The quantitative estimate of drug-likeness (QED) is 0.447. The van der Waals surface area contributed by atoms with E-state index in [1.165, 1.54) is 41.3 Å². The molecule has 0 bridgehead atoms. The molecule has 5 rings (SSSR count). The molecule has 3 heterocycles. The lowest BCUT2D eigenvalue weighted by atomic mass is 9.92. The first-order valence-corrected chi connectivity index (χ1v) is 10.5. The van der Waals surface area contributed by atoms with Crippen LogP contribution in [0.5, 0.6) is 0 Å². The van der Waals surface area contributed by atoms with E-state index in [2.05, 4.69) is 20.1 Å². The molecule has 3 aromatic heterocycles. The van der Waals surface area contributed by atoms with E-state index in [0.717, 1.165) is 6.20 Å². The molecule has 1 N–H and O–H groups in total. The lowest BCUT2D eigenvalue weighted by Gasteiger charge is -2.28. The first kappa shape index (κ1) is 21.3. The molecule has 170 valence electrons. The highest BCUT2D eigenvalue weighted by Gasteiger charge is 2.36. The van der Waals surface area contributed by atoms with Gasteiger partial charge in [-0.05, 0) is 42.2 Å². The zero-order chi connectivity index (χ0) is 23.2. The van der Waals surface area contributed by atoms with Crippen LogP contribution in [0.3, 0.4) is 0 Å². The molecule has 6 nitrogen and oxygen atoms in total. The monoisotopic (exact) mass is 457 g/mol. The minimum Gasteiger partial charge on any atom is -0.310 e. The van der Waals surface area contributed by atoms with Crippen molar-refractivity contribution in [3.05, 3.63) is 76.2 Å². The van der Waals surface area contributed by atoms with Crippen LogP contribution in [0.25, 0.3) is 22.2 Å². The average Bonchev–Trinajstić information content (AvgIpc) is 3.18. The highest BCUT2D eigenvalue weighted by molar-refractivity contribution is 5.73. The molecule has 0 unspecified atom stereocenters. The number of aromatic amines is 1. The number of benzene rings is 1. The maximum atomic E-state index is 14.0. The molecular weight excluding hydrogens is 438 g/mol. The van der Waals surface area contributed by atoms with Gasteiger partial charge in [-0.1, -0.05) is 6.07 Å². The molecule has 1 aromatic carbocycles. The SMILES string of the molecule is O=c1[nH]c(Cc2cc(F)ccc2-c2cncc(F)c2)nc2c1cnn2C1CCC(F)(F)CC1. The Balaban J connectivity index is 1.53. The van der Waals surface area contributed by atoms with Gasteiger partial charge in [-0.2, -0.15) is 5.10 Å². The summed E-state index contributed by atoms with van der Waals surface area (Å²) in [5, 5.41) is 4.50. The number of aromatic nitrogens is 5. The largest absolute Gasteiger partial charge is 0.310 e. The molecule has 0 radical (unpaired) electrons. The fraction of sp³-hybridized carbons (Fsp3) is 0.304. The molecule has 4 aromatic rings. The molecule has 1 saturated carbocycles. The molecule has 1 aliphatic carbocycles. The number of hydrogen-bond donors (Lipinski definition) is 1. The van der Waals surface area contributed by atoms with Gasteiger partial charge in [0.15, 0.2) is 5.65 Å². The Hall–Kier alpha value is -3.56. The summed E-state index contributed by atoms with van der Waals surface area (Å²) in [6, 6.07) is 5.08. The first-order chi connectivity index (χ1) is 15.8. The first-order valence-electron chi connectivity index (χ1n) is 10.5. The predicted octanol–water partition coefficient (Wildman–Crippen LogP) is 4.80. The molecule has 0 spiro atoms. The predicted molar refractivity (Wildman–Crippen MR) is 113 cm³/mol. The van der Waals surface area contributed by atoms with Crippen molar-refractivity contribution in [3.63, 3.8) is 0 Å². The van der Waals surface area contributed by atoms with Crippen molar-refractivity contribution in [1.29, 1.82) is 0 Å². The Morgan fingerprint density at radius 3 is 2.61 bits per heavy atom. The van der Waals surface area contributed by atoms with Crippen molar-refractivity contribution in [3.8, 4) is 11.1 Å². The summed E-state index contributed by atoms with van der Waals surface area (Å²) < 4.78 is 56.4. The van der Waals surface area contributed by atoms with Gasteiger partial charge < -0.3 is 4.98 Å². The second-order valence-corrected chi connectivity index (χ2v) is 8.30. The maximum absolute atomic E-state index is 14.0. The topological polar surface area (TPSA) is 76.5 Å². The van der Waals surface area contributed by atoms with E-state index in [-0.39, 0.29) is 49.4 Å². The third-order valence-electron chi connectivity index (χ3n) is 5.99. The van der Waals surface area contributed by atoms with E-state index in [0.29, 0.717) is 22.3 Å². The zero-order valence-corrected chi connectivity index (χ0v) is 17.4. The van der Waals surface area contributed by atoms with Crippen LogP contribution in [0.4, 0.5) is 17.6 Å². The molecule has 0 saturated heterocycles. The van der Waals surface area contributed by atoms with E-state index in [1.54, 1.807) is 0 Å². The van der Waals surface area contributed by atoms with Gasteiger partial charge in [0.25, 0.3) is 5.56 Å². The molecule has 0 aliphatic heterocycles. The van der Waals surface area contributed by atoms with Crippen molar-refractivity contribution in [2.45, 2.75) is 44.1 Å². The highest BCUT2D eigenvalue weighted by atomic mass is 19.3. The van der Waals surface area contributed by atoms with Crippen LogP contribution in [0.15, 0.2) is 47.7 Å². The smallest absolute Gasteiger partial charge is 0.262 e. The summed E-state index contributed by atoms with van der Waals surface area (Å²) in [5.74, 6) is -3.45. The second-order valence-electron chi connectivity index (χ2n) is 8.30. The number of nitrogens with one attached hydrogen (secondary N) is 1. The normalized spacial score (nSPS) is 16.4. The Labute approximate surface area is 185 Å². The molecule has 10 heteroatoms. The lowest BCUT2D eigenvalue weighted by molar-refractivity contribution is -0.0446. The van der Waals surface area contributed by atoms with Gasteiger partial charge in [0.1, 0.15) is 22.8 Å². The van der Waals surface area contributed by atoms with Crippen LogP contribution < -0.4 is 5.56 Å². The number of rotatable bonds is 4. The number of H-pyrrole nitrogens is 1. The van der Waals surface area contributed by atoms with Crippen LogP contribution in [-0.2, 0) is 6.42 Å². The number of nitrogens with zero attached hydrogens (tertiary/aromatic N) is 4. The summed E-state index contributed by atoms with van der Waals surface area (Å²) in [6.45, 7) is 0. The summed E-state index contributed by atoms with van der Waals surface area (Å²) in [4.78, 5) is 23.7. The fourth-order valence-electron chi connectivity index (χ4n) is 4.33. The third-order valence-corrected chi connectivity index (χ3v) is 5.99. The summed E-state index contributed by atoms with van der Waals surface area (Å²) >= 11 is 0. The summed E-state index contributed by atoms with van der Waals surface area (Å²) in [5.41, 5.74) is 1.37. The number of alkyl halides is 2. The van der Waals surface area contributed by atoms with E-state index in [4.69, 9.17) is 0 Å². The lowest BCUT2D eigenvalue weighted by Crippen LogP contribution is -2.27. The van der Waals surface area contributed by atoms with Crippen molar-refractivity contribution in [2.75, 3.05) is 0 Å². The van der Waals surface area contributed by atoms with Crippen LogP contribution in [0, 0.1) is 11.6 Å². The van der Waals surface area contributed by atoms with Gasteiger partial charge in [-0.25, -0.2) is 27.2 Å². The van der Waals surface area contributed by atoms with Crippen molar-refractivity contribution in [2.24, 2.45) is 0 Å². The molecular formula is C23H19F4N5O. The molecule has 1 aliphatic rings. The van der Waals surface area contributed by atoms with E-state index >= 15 is 0 Å². The third kappa shape index (κ3) is 4.24. The minimum atomic E-state index is -2.69. The Kier molecular flexibility index (Phi) is 5.22. The molecule has 0 amide bonds. The second kappa shape index (κ2) is 8.09. The standard InChI is InChI=1S/C23H19F4N5O/c24-15-1-2-18(14-8-16(25)11-28-10-14)13(7-15)9-20-30-21-19(22(33)31-20)12-29-32(21)17-3-5-23(26,27)6-4-17/h1-2,7-8,10-12,17H,3-6,9H2,(H,30,31,33). The van der Waals surface area contributed by atoms with E-state index in [1.807, 2.05) is 0 Å². The summed E-state index contributed by atoms with van der Waals surface area (Å²) in [7, 11) is 0. The van der Waals surface area contributed by atoms with Crippen LogP contribution in [0.2, 0.25) is 0 Å². The van der Waals surface area contributed by atoms with Gasteiger partial charge in [0.05, 0.1) is 18.4 Å². The van der Waals surface area contributed by atoms with Gasteiger partial charge in [0.2, 0.25) is 5.92 Å². The maximum Gasteiger partial charge on any atom is 0.262 e. The zero-order valence-electron chi connectivity index (χ0n) is 17.4. The molecule has 0 atom stereocenters. The Bertz CT molecular complexity index is 1390. The van der Waals surface area contributed by atoms with Crippen LogP contribution in [0.1, 0.15) is 43.1 Å². The van der Waals surface area contributed by atoms with E-state index < -0.39 is 23.1 Å². The van der Waals surface area contributed by atoms with Crippen LogP contribution in [-0.4, -0.2) is 30.7 Å².